The van der Waals surface area contributed by atoms with E-state index in [1.807, 2.05) is 0 Å². The Kier molecular flexibility index (Phi) is 5.56. The van der Waals surface area contributed by atoms with Gasteiger partial charge in [0.05, 0.1) is 16.7 Å². The van der Waals surface area contributed by atoms with Crippen molar-refractivity contribution in [2.75, 3.05) is 6.61 Å². The molecule has 0 amide bonds. The van der Waals surface area contributed by atoms with E-state index in [9.17, 15) is 39.5 Å². The summed E-state index contributed by atoms with van der Waals surface area (Å²) in [6.07, 6.45) is -13.8. The summed E-state index contributed by atoms with van der Waals surface area (Å²) >= 11 is 0. The zero-order valence-corrected chi connectivity index (χ0v) is 13.3. The van der Waals surface area contributed by atoms with Crippen LogP contribution in [0.4, 0.5) is 39.5 Å². The number of halogens is 9. The molecule has 1 aromatic carbocycles. The van der Waals surface area contributed by atoms with Crippen LogP contribution in [-0.4, -0.2) is 12.8 Å². The molecule has 0 unspecified atom stereocenters. The van der Waals surface area contributed by atoms with E-state index in [1.54, 1.807) is 0 Å². The summed E-state index contributed by atoms with van der Waals surface area (Å²) in [7, 11) is 0. The van der Waals surface area contributed by atoms with Gasteiger partial charge in [-0.1, -0.05) is 19.3 Å². The molecule has 10 heteroatoms. The lowest BCUT2D eigenvalue weighted by Gasteiger charge is -2.38. The van der Waals surface area contributed by atoms with Gasteiger partial charge in [0, 0.05) is 0 Å². The lowest BCUT2D eigenvalue weighted by Crippen LogP contribution is -2.36. The molecule has 1 aliphatic carbocycles. The van der Waals surface area contributed by atoms with Crippen molar-refractivity contribution >= 4 is 0 Å². The first-order valence-corrected chi connectivity index (χ1v) is 7.74. The van der Waals surface area contributed by atoms with Gasteiger partial charge in [-0.3, -0.25) is 0 Å². The summed E-state index contributed by atoms with van der Waals surface area (Å²) in [6.45, 7) is -1.75. The third-order valence-corrected chi connectivity index (χ3v) is 4.29. The van der Waals surface area contributed by atoms with Gasteiger partial charge in [-0.2, -0.15) is 39.5 Å². The minimum absolute atomic E-state index is 0.0518. The molecule has 1 nitrogen and oxygen atoms in total. The van der Waals surface area contributed by atoms with E-state index in [2.05, 4.69) is 0 Å². The fourth-order valence-electron chi connectivity index (χ4n) is 3.08. The topological polar surface area (TPSA) is 9.23 Å². The fourth-order valence-corrected chi connectivity index (χ4v) is 3.08. The van der Waals surface area contributed by atoms with E-state index in [0.29, 0.717) is 31.4 Å². The van der Waals surface area contributed by atoms with Crippen LogP contribution in [0.1, 0.15) is 48.8 Å². The summed E-state index contributed by atoms with van der Waals surface area (Å²) in [6, 6.07) is 0.859. The van der Waals surface area contributed by atoms with Gasteiger partial charge in [0.2, 0.25) is 0 Å². The molecular formula is C16H15F9O. The zero-order valence-electron chi connectivity index (χ0n) is 13.3. The maximum Gasteiger partial charge on any atom is 0.416 e. The number of hydrogen-bond acceptors (Lipinski definition) is 1. The smallest absolute Gasteiger partial charge is 0.361 e. The second-order valence-electron chi connectivity index (χ2n) is 6.25. The molecular weight excluding hydrogens is 379 g/mol. The van der Waals surface area contributed by atoms with Gasteiger partial charge >= 0.3 is 18.5 Å². The molecule has 1 fully saturated rings. The largest absolute Gasteiger partial charge is 0.416 e. The van der Waals surface area contributed by atoms with Crippen molar-refractivity contribution in [2.24, 2.45) is 0 Å². The summed E-state index contributed by atoms with van der Waals surface area (Å²) in [4.78, 5) is 0. The monoisotopic (exact) mass is 394 g/mol. The van der Waals surface area contributed by atoms with E-state index >= 15 is 0 Å². The summed E-state index contributed by atoms with van der Waals surface area (Å²) in [5.74, 6) is 0. The van der Waals surface area contributed by atoms with Crippen molar-refractivity contribution < 1.29 is 44.3 Å². The molecule has 1 saturated carbocycles. The molecule has 0 radical (unpaired) electrons. The average molecular weight is 394 g/mol. The summed E-state index contributed by atoms with van der Waals surface area (Å²) in [5, 5.41) is 0. The summed E-state index contributed by atoms with van der Waals surface area (Å²) < 4.78 is 121. The van der Waals surface area contributed by atoms with Crippen LogP contribution in [0.3, 0.4) is 0 Å². The van der Waals surface area contributed by atoms with Crippen LogP contribution in [0.5, 0.6) is 0 Å². The van der Waals surface area contributed by atoms with Gasteiger partial charge in [0.1, 0.15) is 6.61 Å². The molecule has 1 aliphatic rings. The van der Waals surface area contributed by atoms with Crippen LogP contribution in [0, 0.1) is 0 Å². The van der Waals surface area contributed by atoms with Gasteiger partial charge < -0.3 is 4.74 Å². The summed E-state index contributed by atoms with van der Waals surface area (Å²) in [5.41, 5.74) is -5.48. The molecule has 0 aromatic heterocycles. The van der Waals surface area contributed by atoms with Crippen LogP contribution < -0.4 is 0 Å². The first-order valence-electron chi connectivity index (χ1n) is 7.74. The van der Waals surface area contributed by atoms with E-state index in [4.69, 9.17) is 4.74 Å². The van der Waals surface area contributed by atoms with Gasteiger partial charge in [-0.15, -0.1) is 0 Å². The Morgan fingerprint density at radius 2 is 1.19 bits per heavy atom. The van der Waals surface area contributed by atoms with Crippen LogP contribution in [0.15, 0.2) is 18.2 Å². The third-order valence-electron chi connectivity index (χ3n) is 4.29. The average Bonchev–Trinajstić information content (AvgIpc) is 2.51. The minimum Gasteiger partial charge on any atom is -0.361 e. The van der Waals surface area contributed by atoms with E-state index < -0.39 is 47.4 Å². The first kappa shape index (κ1) is 20.9. The number of ether oxygens (including phenoxy) is 1. The maximum absolute atomic E-state index is 13.0. The number of hydrogen-bond donors (Lipinski definition) is 0. The molecule has 0 spiro atoms. The second kappa shape index (κ2) is 6.94. The first-order chi connectivity index (χ1) is 11.7. The van der Waals surface area contributed by atoms with Crippen LogP contribution >= 0.6 is 0 Å². The Hall–Kier alpha value is -1.45. The van der Waals surface area contributed by atoms with Crippen LogP contribution in [0.2, 0.25) is 0 Å². The molecule has 0 saturated heterocycles. The number of benzene rings is 1. The van der Waals surface area contributed by atoms with Gasteiger partial charge in [-0.05, 0) is 36.6 Å². The predicted molar refractivity (Wildman–Crippen MR) is 73.2 cm³/mol. The molecule has 2 rings (SSSR count). The van der Waals surface area contributed by atoms with Crippen molar-refractivity contribution in [3.05, 3.63) is 34.9 Å². The van der Waals surface area contributed by atoms with E-state index in [-0.39, 0.29) is 18.9 Å². The molecule has 0 N–H and O–H groups in total. The molecule has 0 atom stereocenters. The van der Waals surface area contributed by atoms with Crippen molar-refractivity contribution in [2.45, 2.75) is 56.2 Å². The third kappa shape index (κ3) is 5.05. The molecule has 148 valence electrons. The SMILES string of the molecule is FC(F)(F)COC1(c2cc(C(F)(F)F)cc(C(F)(F)F)c2)CCCCC1. The highest BCUT2D eigenvalue weighted by Crippen LogP contribution is 2.45. The van der Waals surface area contributed by atoms with Gasteiger partial charge in [0.15, 0.2) is 0 Å². The van der Waals surface area contributed by atoms with Crippen molar-refractivity contribution in [1.29, 1.82) is 0 Å². The standard InChI is InChI=1S/C16H15F9O/c17-14(18,19)9-26-13(4-2-1-3-5-13)10-6-11(15(20,21)22)8-12(7-10)16(23,24)25/h6-8H,1-5,9H2. The fraction of sp³-hybridized carbons (Fsp3) is 0.625. The Morgan fingerprint density at radius 1 is 0.731 bits per heavy atom. The Balaban J connectivity index is 2.56. The molecule has 0 heterocycles. The quantitative estimate of drug-likeness (QED) is 0.535. The number of alkyl halides is 9. The van der Waals surface area contributed by atoms with Gasteiger partial charge in [0.25, 0.3) is 0 Å². The highest BCUT2D eigenvalue weighted by Gasteiger charge is 2.43. The minimum atomic E-state index is -5.07. The predicted octanol–water partition coefficient (Wildman–Crippen LogP) is 6.46. The maximum atomic E-state index is 13.0. The highest BCUT2D eigenvalue weighted by atomic mass is 19.4. The lowest BCUT2D eigenvalue weighted by molar-refractivity contribution is -0.214. The molecule has 0 aliphatic heterocycles. The Bertz CT molecular complexity index is 590. The van der Waals surface area contributed by atoms with Crippen molar-refractivity contribution in [3.63, 3.8) is 0 Å². The van der Waals surface area contributed by atoms with Gasteiger partial charge in [-0.25, -0.2) is 0 Å². The molecule has 26 heavy (non-hydrogen) atoms. The number of rotatable bonds is 3. The lowest BCUT2D eigenvalue weighted by atomic mass is 9.78. The highest BCUT2D eigenvalue weighted by molar-refractivity contribution is 5.37. The molecule has 0 bridgehead atoms. The zero-order chi connectivity index (χ0) is 19.8. The van der Waals surface area contributed by atoms with Crippen molar-refractivity contribution in [1.82, 2.24) is 0 Å². The van der Waals surface area contributed by atoms with Crippen LogP contribution in [-0.2, 0) is 22.7 Å². The second-order valence-corrected chi connectivity index (χ2v) is 6.25. The van der Waals surface area contributed by atoms with Crippen molar-refractivity contribution in [3.8, 4) is 0 Å². The van der Waals surface area contributed by atoms with E-state index in [1.165, 1.54) is 0 Å². The van der Waals surface area contributed by atoms with Crippen LogP contribution in [0.25, 0.3) is 0 Å². The normalized spacial score (nSPS) is 18.8. The molecule has 1 aromatic rings. The Labute approximate surface area is 143 Å². The Morgan fingerprint density at radius 3 is 1.58 bits per heavy atom. The van der Waals surface area contributed by atoms with E-state index in [0.717, 1.165) is 0 Å².